The highest BCUT2D eigenvalue weighted by Crippen LogP contribution is 2.41. The summed E-state index contributed by atoms with van der Waals surface area (Å²) in [6.45, 7) is 8.80. The van der Waals surface area contributed by atoms with Crippen LogP contribution in [0.4, 0.5) is 0 Å². The standard InChI is InChI=1S/C25H28N4O3S2/c1-24(2)12-15(13-25(3,4)28-24)32-23-27-21-20(34-23)26-19(33-21)17-9-8-14(11-18(17)30)16-7-6-10-29(5)22(16)31/h6-11,15,28,30H,12-13H2,1-5H3. The second kappa shape index (κ2) is 8.18. The van der Waals surface area contributed by atoms with Crippen LogP contribution >= 0.6 is 22.7 Å². The smallest absolute Gasteiger partial charge is 0.276 e. The maximum atomic E-state index is 12.4. The minimum atomic E-state index is -0.110. The SMILES string of the molecule is Cn1cccc(-c2ccc(-c3nc4sc(OC5CC(C)(C)NC(C)(C)C5)nc4s3)c(O)c2)c1=O. The third-order valence-corrected chi connectivity index (χ3v) is 7.99. The number of rotatable bonds is 4. The van der Waals surface area contributed by atoms with E-state index >= 15 is 0 Å². The van der Waals surface area contributed by atoms with E-state index in [1.54, 1.807) is 31.4 Å². The van der Waals surface area contributed by atoms with E-state index in [1.807, 2.05) is 12.1 Å². The monoisotopic (exact) mass is 496 g/mol. The van der Waals surface area contributed by atoms with Gasteiger partial charge in [0, 0.05) is 42.7 Å². The van der Waals surface area contributed by atoms with Crippen LogP contribution in [0.5, 0.6) is 10.9 Å². The Kier molecular flexibility index (Phi) is 5.54. The van der Waals surface area contributed by atoms with Crippen molar-refractivity contribution >= 4 is 32.3 Å². The summed E-state index contributed by atoms with van der Waals surface area (Å²) < 4.78 is 7.80. The first kappa shape index (κ1) is 23.0. The molecule has 1 fully saturated rings. The highest BCUT2D eigenvalue weighted by atomic mass is 32.1. The molecule has 0 amide bonds. The van der Waals surface area contributed by atoms with Gasteiger partial charge in [-0.1, -0.05) is 28.7 Å². The van der Waals surface area contributed by atoms with Gasteiger partial charge in [-0.2, -0.15) is 4.98 Å². The minimum Gasteiger partial charge on any atom is -0.507 e. The first-order valence-corrected chi connectivity index (χ1v) is 12.9. The molecular formula is C25H28N4O3S2. The summed E-state index contributed by atoms with van der Waals surface area (Å²) in [5, 5.41) is 15.7. The lowest BCUT2D eigenvalue weighted by Gasteiger charge is -2.45. The topological polar surface area (TPSA) is 89.3 Å². The summed E-state index contributed by atoms with van der Waals surface area (Å²) >= 11 is 2.86. The second-order valence-corrected chi connectivity index (χ2v) is 12.1. The van der Waals surface area contributed by atoms with Crippen LogP contribution in [-0.4, -0.2) is 36.8 Å². The van der Waals surface area contributed by atoms with E-state index in [9.17, 15) is 9.90 Å². The van der Waals surface area contributed by atoms with Crippen molar-refractivity contribution < 1.29 is 9.84 Å². The molecule has 0 radical (unpaired) electrons. The van der Waals surface area contributed by atoms with Crippen LogP contribution in [0.3, 0.4) is 0 Å². The normalized spacial score (nSPS) is 17.8. The number of nitrogens with one attached hydrogen (secondary N) is 1. The number of benzene rings is 1. The van der Waals surface area contributed by atoms with Crippen LogP contribution in [0.2, 0.25) is 0 Å². The molecule has 5 rings (SSSR count). The molecular weight excluding hydrogens is 468 g/mol. The van der Waals surface area contributed by atoms with Gasteiger partial charge >= 0.3 is 0 Å². The van der Waals surface area contributed by atoms with Crippen molar-refractivity contribution in [3.63, 3.8) is 0 Å². The molecule has 2 N–H and O–H groups in total. The number of hydrogen-bond acceptors (Lipinski definition) is 8. The lowest BCUT2D eigenvalue weighted by atomic mass is 9.81. The lowest BCUT2D eigenvalue weighted by Crippen LogP contribution is -2.60. The quantitative estimate of drug-likeness (QED) is 0.405. The van der Waals surface area contributed by atoms with Crippen LogP contribution in [0.15, 0.2) is 41.3 Å². The molecule has 4 aromatic rings. The van der Waals surface area contributed by atoms with Gasteiger partial charge in [0.2, 0.25) is 0 Å². The predicted molar refractivity (Wildman–Crippen MR) is 138 cm³/mol. The van der Waals surface area contributed by atoms with Crippen LogP contribution in [-0.2, 0) is 7.05 Å². The highest BCUT2D eigenvalue weighted by molar-refractivity contribution is 7.28. The Morgan fingerprint density at radius 1 is 1.06 bits per heavy atom. The van der Waals surface area contributed by atoms with E-state index in [0.29, 0.717) is 26.9 Å². The number of aromatic nitrogens is 3. The number of piperidine rings is 1. The molecule has 34 heavy (non-hydrogen) atoms. The minimum absolute atomic E-state index is 0.000152. The Morgan fingerprint density at radius 3 is 2.44 bits per heavy atom. The fourth-order valence-corrected chi connectivity index (χ4v) is 6.93. The van der Waals surface area contributed by atoms with Gasteiger partial charge in [-0.15, -0.1) is 0 Å². The third kappa shape index (κ3) is 4.47. The zero-order valence-corrected chi connectivity index (χ0v) is 21.5. The van der Waals surface area contributed by atoms with Crippen molar-refractivity contribution in [2.45, 2.75) is 57.7 Å². The number of pyridine rings is 1. The maximum Gasteiger partial charge on any atom is 0.276 e. The summed E-state index contributed by atoms with van der Waals surface area (Å²) in [5.74, 6) is 0.0838. The van der Waals surface area contributed by atoms with Gasteiger partial charge < -0.3 is 19.7 Å². The predicted octanol–water partition coefficient (Wildman–Crippen LogP) is 5.18. The molecule has 1 aliphatic heterocycles. The van der Waals surface area contributed by atoms with Crippen LogP contribution in [0.1, 0.15) is 40.5 Å². The third-order valence-electron chi connectivity index (χ3n) is 6.04. The number of aromatic hydroxyl groups is 1. The first-order chi connectivity index (χ1) is 16.0. The lowest BCUT2D eigenvalue weighted by molar-refractivity contribution is 0.0559. The van der Waals surface area contributed by atoms with Crippen molar-refractivity contribution in [3.8, 4) is 32.6 Å². The van der Waals surface area contributed by atoms with Gasteiger partial charge in [-0.05, 0) is 57.5 Å². The molecule has 7 nitrogen and oxygen atoms in total. The number of aryl methyl sites for hydroxylation is 1. The van der Waals surface area contributed by atoms with E-state index in [2.05, 4.69) is 38.0 Å². The van der Waals surface area contributed by atoms with Gasteiger partial charge in [0.05, 0.1) is 5.56 Å². The van der Waals surface area contributed by atoms with Gasteiger partial charge in [-0.25, -0.2) is 4.98 Å². The molecule has 0 atom stereocenters. The van der Waals surface area contributed by atoms with Crippen molar-refractivity contribution in [2.75, 3.05) is 0 Å². The van der Waals surface area contributed by atoms with Gasteiger partial charge in [0.15, 0.2) is 9.66 Å². The van der Waals surface area contributed by atoms with Crippen LogP contribution in [0.25, 0.3) is 31.4 Å². The molecule has 0 aliphatic carbocycles. The Hall–Kier alpha value is -2.75. The van der Waals surface area contributed by atoms with Gasteiger partial charge in [0.25, 0.3) is 10.8 Å². The molecule has 0 spiro atoms. The molecule has 4 heterocycles. The number of hydrogen-bond donors (Lipinski definition) is 2. The average Bonchev–Trinajstić information content (AvgIpc) is 3.26. The molecule has 1 aliphatic rings. The fourth-order valence-electron chi connectivity index (χ4n) is 4.94. The Labute approximate surface area is 206 Å². The summed E-state index contributed by atoms with van der Waals surface area (Å²) in [6.07, 6.45) is 3.62. The Morgan fingerprint density at radius 2 is 1.76 bits per heavy atom. The van der Waals surface area contributed by atoms with Crippen molar-refractivity contribution in [2.24, 2.45) is 7.05 Å². The molecule has 9 heteroatoms. The molecule has 1 saturated heterocycles. The summed E-state index contributed by atoms with van der Waals surface area (Å²) in [4.78, 5) is 23.4. The van der Waals surface area contributed by atoms with Crippen molar-refractivity contribution in [1.82, 2.24) is 19.9 Å². The van der Waals surface area contributed by atoms with Gasteiger partial charge in [0.1, 0.15) is 16.9 Å². The fraction of sp³-hybridized carbons (Fsp3) is 0.400. The van der Waals surface area contributed by atoms with E-state index in [0.717, 1.165) is 22.5 Å². The zero-order chi connectivity index (χ0) is 24.3. The summed E-state index contributed by atoms with van der Waals surface area (Å²) in [7, 11) is 1.71. The molecule has 178 valence electrons. The van der Waals surface area contributed by atoms with Crippen molar-refractivity contribution in [3.05, 3.63) is 46.9 Å². The number of ether oxygens (including phenoxy) is 1. The first-order valence-electron chi connectivity index (χ1n) is 11.2. The zero-order valence-electron chi connectivity index (χ0n) is 19.9. The number of phenols is 1. The number of fused-ring (bicyclic) bond motifs is 1. The van der Waals surface area contributed by atoms with Crippen LogP contribution in [0, 0.1) is 0 Å². The Balaban J connectivity index is 1.38. The average molecular weight is 497 g/mol. The maximum absolute atomic E-state index is 12.4. The number of phenolic OH excluding ortho intramolecular Hbond substituents is 1. The molecule has 3 aromatic heterocycles. The van der Waals surface area contributed by atoms with Crippen LogP contribution < -0.4 is 15.6 Å². The number of thiazole rings is 2. The van der Waals surface area contributed by atoms with E-state index in [1.165, 1.54) is 27.2 Å². The Bertz CT molecular complexity index is 1390. The summed E-state index contributed by atoms with van der Waals surface area (Å²) in [5.41, 5.74) is 1.72. The van der Waals surface area contributed by atoms with Crippen molar-refractivity contribution in [1.29, 1.82) is 0 Å². The molecule has 0 saturated carbocycles. The van der Waals surface area contributed by atoms with Gasteiger partial charge in [-0.3, -0.25) is 4.79 Å². The molecule has 1 aromatic carbocycles. The van der Waals surface area contributed by atoms with E-state index in [-0.39, 0.29) is 28.5 Å². The molecule has 0 bridgehead atoms. The number of nitrogens with zero attached hydrogens (tertiary/aromatic N) is 3. The second-order valence-electron chi connectivity index (χ2n) is 10.2. The van der Waals surface area contributed by atoms with E-state index in [4.69, 9.17) is 9.72 Å². The highest BCUT2D eigenvalue weighted by Gasteiger charge is 2.39. The summed E-state index contributed by atoms with van der Waals surface area (Å²) in [6, 6.07) is 8.82. The van der Waals surface area contributed by atoms with E-state index < -0.39 is 0 Å². The molecule has 0 unspecified atom stereocenters. The largest absolute Gasteiger partial charge is 0.507 e.